The average Bonchev–Trinajstić information content (AvgIpc) is 2.91. The van der Waals surface area contributed by atoms with E-state index in [4.69, 9.17) is 13.9 Å². The second-order valence-electron chi connectivity index (χ2n) is 4.19. The van der Waals surface area contributed by atoms with E-state index in [1.165, 1.54) is 0 Å². The fraction of sp³-hybridized carbons (Fsp3) is 0.267. The third-order valence-corrected chi connectivity index (χ3v) is 2.68. The van der Waals surface area contributed by atoms with Gasteiger partial charge in [-0.05, 0) is 43.3 Å². The number of aryl methyl sites for hydroxylation is 1. The van der Waals surface area contributed by atoms with Gasteiger partial charge >= 0.3 is 0 Å². The maximum absolute atomic E-state index is 11.7. The highest BCUT2D eigenvalue weighted by atomic mass is 16.5. The first-order chi connectivity index (χ1) is 9.69. The van der Waals surface area contributed by atoms with E-state index in [0.29, 0.717) is 24.7 Å². The molecular weight excluding hydrogens is 258 g/mol. The van der Waals surface area contributed by atoms with Crippen molar-refractivity contribution in [3.63, 3.8) is 0 Å². The van der Waals surface area contributed by atoms with E-state index >= 15 is 0 Å². The van der Waals surface area contributed by atoms with E-state index in [-0.39, 0.29) is 5.91 Å². The number of hydrogen-bond acceptors (Lipinski definition) is 4. The van der Waals surface area contributed by atoms with Gasteiger partial charge in [0, 0.05) is 0 Å². The minimum Gasteiger partial charge on any atom is -0.497 e. The van der Waals surface area contributed by atoms with Crippen LogP contribution >= 0.6 is 0 Å². The number of carbonyl (C=O) groups is 1. The van der Waals surface area contributed by atoms with Crippen LogP contribution in [0.4, 0.5) is 0 Å². The summed E-state index contributed by atoms with van der Waals surface area (Å²) in [6.07, 6.45) is 0. The Morgan fingerprint density at radius 1 is 1.15 bits per heavy atom. The van der Waals surface area contributed by atoms with Crippen molar-refractivity contribution in [2.75, 3.05) is 20.3 Å². The molecule has 0 spiro atoms. The lowest BCUT2D eigenvalue weighted by Crippen LogP contribution is -2.27. The molecule has 1 aromatic carbocycles. The van der Waals surface area contributed by atoms with E-state index in [1.54, 1.807) is 26.2 Å². The summed E-state index contributed by atoms with van der Waals surface area (Å²) >= 11 is 0. The summed E-state index contributed by atoms with van der Waals surface area (Å²) in [4.78, 5) is 11.7. The number of furan rings is 1. The molecule has 1 heterocycles. The quantitative estimate of drug-likeness (QED) is 0.822. The molecule has 0 saturated carbocycles. The van der Waals surface area contributed by atoms with Crippen molar-refractivity contribution in [2.24, 2.45) is 0 Å². The Kier molecular flexibility index (Phi) is 4.65. The van der Waals surface area contributed by atoms with Crippen molar-refractivity contribution in [1.82, 2.24) is 5.32 Å². The highest BCUT2D eigenvalue weighted by Gasteiger charge is 2.08. The zero-order valence-electron chi connectivity index (χ0n) is 11.5. The van der Waals surface area contributed by atoms with Crippen LogP contribution in [0.25, 0.3) is 0 Å². The fourth-order valence-corrected chi connectivity index (χ4v) is 1.65. The second kappa shape index (κ2) is 6.65. The predicted molar refractivity (Wildman–Crippen MR) is 74.3 cm³/mol. The lowest BCUT2D eigenvalue weighted by Gasteiger charge is -2.07. The molecule has 0 aliphatic heterocycles. The molecule has 0 radical (unpaired) electrons. The number of benzene rings is 1. The maximum atomic E-state index is 11.7. The van der Waals surface area contributed by atoms with E-state index in [9.17, 15) is 4.79 Å². The molecule has 20 heavy (non-hydrogen) atoms. The highest BCUT2D eigenvalue weighted by molar-refractivity contribution is 5.91. The van der Waals surface area contributed by atoms with Gasteiger partial charge in [0.1, 0.15) is 23.9 Å². The zero-order valence-corrected chi connectivity index (χ0v) is 11.5. The third-order valence-electron chi connectivity index (χ3n) is 2.68. The Labute approximate surface area is 117 Å². The molecular formula is C15H17NO4. The minimum atomic E-state index is -0.239. The molecule has 1 aromatic heterocycles. The van der Waals surface area contributed by atoms with Gasteiger partial charge in [-0.1, -0.05) is 0 Å². The minimum absolute atomic E-state index is 0.239. The Hall–Kier alpha value is -2.43. The molecule has 106 valence electrons. The smallest absolute Gasteiger partial charge is 0.287 e. The van der Waals surface area contributed by atoms with E-state index < -0.39 is 0 Å². The molecule has 1 N–H and O–H groups in total. The van der Waals surface area contributed by atoms with E-state index in [0.717, 1.165) is 11.5 Å². The Morgan fingerprint density at radius 3 is 2.45 bits per heavy atom. The van der Waals surface area contributed by atoms with Gasteiger partial charge in [0.25, 0.3) is 5.91 Å². The number of nitrogens with one attached hydrogen (secondary N) is 1. The first kappa shape index (κ1) is 14.0. The number of methoxy groups -OCH3 is 1. The molecule has 0 unspecified atom stereocenters. The zero-order chi connectivity index (χ0) is 14.4. The fourth-order valence-electron chi connectivity index (χ4n) is 1.65. The molecule has 0 fully saturated rings. The van der Waals surface area contributed by atoms with Crippen molar-refractivity contribution in [3.05, 3.63) is 47.9 Å². The molecule has 2 aromatic rings. The van der Waals surface area contributed by atoms with Gasteiger partial charge in [-0.2, -0.15) is 0 Å². The summed E-state index contributed by atoms with van der Waals surface area (Å²) in [5, 5.41) is 2.72. The molecule has 1 amide bonds. The predicted octanol–water partition coefficient (Wildman–Crippen LogP) is 2.41. The first-order valence-electron chi connectivity index (χ1n) is 6.30. The molecule has 0 aliphatic rings. The highest BCUT2D eigenvalue weighted by Crippen LogP contribution is 2.16. The number of amides is 1. The van der Waals surface area contributed by atoms with Crippen LogP contribution in [0.1, 0.15) is 16.3 Å². The largest absolute Gasteiger partial charge is 0.497 e. The van der Waals surface area contributed by atoms with Crippen LogP contribution < -0.4 is 14.8 Å². The van der Waals surface area contributed by atoms with Crippen molar-refractivity contribution in [1.29, 1.82) is 0 Å². The van der Waals surface area contributed by atoms with Crippen molar-refractivity contribution < 1.29 is 18.7 Å². The number of rotatable bonds is 6. The molecule has 0 saturated heterocycles. The van der Waals surface area contributed by atoms with Crippen LogP contribution in [0.15, 0.2) is 40.8 Å². The van der Waals surface area contributed by atoms with Gasteiger partial charge in [0.2, 0.25) is 0 Å². The lowest BCUT2D eigenvalue weighted by molar-refractivity contribution is 0.0918. The Bertz CT molecular complexity index is 560. The molecule has 0 aliphatic carbocycles. The molecule has 5 heteroatoms. The topological polar surface area (TPSA) is 60.7 Å². The monoisotopic (exact) mass is 275 g/mol. The van der Waals surface area contributed by atoms with Crippen LogP contribution in [-0.4, -0.2) is 26.2 Å². The number of carbonyl (C=O) groups excluding carboxylic acids is 1. The van der Waals surface area contributed by atoms with Gasteiger partial charge < -0.3 is 19.2 Å². The Balaban J connectivity index is 1.72. The van der Waals surface area contributed by atoms with Crippen molar-refractivity contribution in [3.8, 4) is 11.5 Å². The summed E-state index contributed by atoms with van der Waals surface area (Å²) in [6, 6.07) is 10.7. The van der Waals surface area contributed by atoms with Gasteiger partial charge in [-0.15, -0.1) is 0 Å². The maximum Gasteiger partial charge on any atom is 0.287 e. The second-order valence-corrected chi connectivity index (χ2v) is 4.19. The molecule has 0 atom stereocenters. The van der Waals surface area contributed by atoms with Crippen molar-refractivity contribution in [2.45, 2.75) is 6.92 Å². The normalized spacial score (nSPS) is 10.1. The van der Waals surface area contributed by atoms with Crippen LogP contribution in [0.3, 0.4) is 0 Å². The van der Waals surface area contributed by atoms with Crippen LogP contribution in [0.2, 0.25) is 0 Å². The van der Waals surface area contributed by atoms with Gasteiger partial charge in [0.05, 0.1) is 13.7 Å². The lowest BCUT2D eigenvalue weighted by atomic mass is 10.3. The van der Waals surface area contributed by atoms with E-state index in [1.807, 2.05) is 24.3 Å². The third kappa shape index (κ3) is 3.78. The summed E-state index contributed by atoms with van der Waals surface area (Å²) in [7, 11) is 1.61. The van der Waals surface area contributed by atoms with E-state index in [2.05, 4.69) is 5.32 Å². The molecule has 0 bridgehead atoms. The average molecular weight is 275 g/mol. The van der Waals surface area contributed by atoms with Crippen molar-refractivity contribution >= 4 is 5.91 Å². The van der Waals surface area contributed by atoms with Crippen LogP contribution in [0, 0.1) is 6.92 Å². The number of ether oxygens (including phenoxy) is 2. The van der Waals surface area contributed by atoms with Gasteiger partial charge in [-0.25, -0.2) is 0 Å². The van der Waals surface area contributed by atoms with Crippen LogP contribution in [-0.2, 0) is 0 Å². The summed E-state index contributed by atoms with van der Waals surface area (Å²) in [6.45, 7) is 2.59. The van der Waals surface area contributed by atoms with Gasteiger partial charge in [0.15, 0.2) is 5.76 Å². The Morgan fingerprint density at radius 2 is 1.85 bits per heavy atom. The van der Waals surface area contributed by atoms with Crippen LogP contribution in [0.5, 0.6) is 11.5 Å². The summed E-state index contributed by atoms with van der Waals surface area (Å²) < 4.78 is 15.8. The standard InChI is InChI=1S/C15H17NO4/c1-11-3-8-14(20-11)15(17)16-9-10-19-13-6-4-12(18-2)5-7-13/h3-8H,9-10H2,1-2H3,(H,16,17). The van der Waals surface area contributed by atoms with Gasteiger partial charge in [-0.3, -0.25) is 4.79 Å². The number of hydrogen-bond donors (Lipinski definition) is 1. The first-order valence-corrected chi connectivity index (χ1v) is 6.30. The summed E-state index contributed by atoms with van der Waals surface area (Å²) in [5.74, 6) is 2.29. The SMILES string of the molecule is COc1ccc(OCCNC(=O)c2ccc(C)o2)cc1. The molecule has 2 rings (SSSR count). The summed E-state index contributed by atoms with van der Waals surface area (Å²) in [5.41, 5.74) is 0. The molecule has 5 nitrogen and oxygen atoms in total.